The maximum atomic E-state index is 13.3. The molecule has 3 rings (SSSR count). The first-order valence-electron chi connectivity index (χ1n) is 12.3. The van der Waals surface area contributed by atoms with Crippen molar-refractivity contribution in [2.45, 2.75) is 32.9 Å². The van der Waals surface area contributed by atoms with Gasteiger partial charge in [0.15, 0.2) is 0 Å². The molecule has 9 heteroatoms. The summed E-state index contributed by atoms with van der Waals surface area (Å²) in [6, 6.07) is 11.9. The average Bonchev–Trinajstić information content (AvgIpc) is 2.88. The van der Waals surface area contributed by atoms with Gasteiger partial charge in [0.05, 0.1) is 18.8 Å². The van der Waals surface area contributed by atoms with E-state index >= 15 is 0 Å². The molecule has 3 amide bonds. The second-order valence-electron chi connectivity index (χ2n) is 9.20. The van der Waals surface area contributed by atoms with Crippen molar-refractivity contribution in [2.75, 3.05) is 58.1 Å². The molecule has 0 aliphatic carbocycles. The van der Waals surface area contributed by atoms with E-state index in [0.717, 1.165) is 13.1 Å². The third-order valence-electron chi connectivity index (χ3n) is 6.59. The summed E-state index contributed by atoms with van der Waals surface area (Å²) in [5.74, 6) is 1.21. The van der Waals surface area contributed by atoms with Crippen LogP contribution in [0.4, 0.5) is 16.2 Å². The Morgan fingerprint density at radius 1 is 1.06 bits per heavy atom. The Kier molecular flexibility index (Phi) is 9.55. The third kappa shape index (κ3) is 6.89. The van der Waals surface area contributed by atoms with Gasteiger partial charge in [0, 0.05) is 50.7 Å². The molecule has 2 aromatic carbocycles. The Bertz CT molecular complexity index is 1030. The highest BCUT2D eigenvalue weighted by molar-refractivity contribution is 6.01. The van der Waals surface area contributed by atoms with Crippen molar-refractivity contribution in [3.8, 4) is 11.5 Å². The Hall–Kier alpha value is -3.30. The normalized spacial score (nSPS) is 21.4. The van der Waals surface area contributed by atoms with E-state index < -0.39 is 6.03 Å². The first-order valence-corrected chi connectivity index (χ1v) is 12.3. The highest BCUT2D eigenvalue weighted by Crippen LogP contribution is 2.27. The minimum atomic E-state index is -0.404. The summed E-state index contributed by atoms with van der Waals surface area (Å²) in [6.45, 7) is 8.97. The monoisotopic (exact) mass is 498 g/mol. The average molecular weight is 499 g/mol. The molecular formula is C27H38N4O5. The van der Waals surface area contributed by atoms with Crippen LogP contribution in [-0.4, -0.2) is 81.4 Å². The van der Waals surface area contributed by atoms with Crippen molar-refractivity contribution in [1.82, 2.24) is 9.80 Å². The van der Waals surface area contributed by atoms with E-state index in [4.69, 9.17) is 14.2 Å². The van der Waals surface area contributed by atoms with Gasteiger partial charge in [0.25, 0.3) is 5.91 Å². The van der Waals surface area contributed by atoms with Crippen LogP contribution in [0.1, 0.15) is 31.1 Å². The highest BCUT2D eigenvalue weighted by Gasteiger charge is 2.28. The van der Waals surface area contributed by atoms with Crippen molar-refractivity contribution < 1.29 is 23.8 Å². The molecule has 0 aromatic heterocycles. The van der Waals surface area contributed by atoms with Crippen molar-refractivity contribution >= 4 is 23.3 Å². The van der Waals surface area contributed by atoms with Crippen LogP contribution in [0.15, 0.2) is 42.5 Å². The molecule has 2 N–H and O–H groups in total. The summed E-state index contributed by atoms with van der Waals surface area (Å²) < 4.78 is 17.1. The molecule has 0 saturated heterocycles. The number of fused-ring (bicyclic) bond motifs is 1. The second-order valence-corrected chi connectivity index (χ2v) is 9.20. The minimum Gasteiger partial charge on any atom is -0.497 e. The lowest BCUT2D eigenvalue weighted by atomic mass is 10.0. The molecule has 1 aliphatic rings. The van der Waals surface area contributed by atoms with Gasteiger partial charge in [-0.05, 0) is 55.8 Å². The van der Waals surface area contributed by atoms with E-state index in [-0.39, 0.29) is 24.0 Å². The van der Waals surface area contributed by atoms with Gasteiger partial charge in [0.2, 0.25) is 0 Å². The van der Waals surface area contributed by atoms with Crippen molar-refractivity contribution in [3.63, 3.8) is 0 Å². The van der Waals surface area contributed by atoms with E-state index in [1.54, 1.807) is 68.6 Å². The smallest absolute Gasteiger partial charge is 0.323 e. The van der Waals surface area contributed by atoms with Gasteiger partial charge in [-0.2, -0.15) is 0 Å². The van der Waals surface area contributed by atoms with Crippen LogP contribution < -0.4 is 20.1 Å². The highest BCUT2D eigenvalue weighted by atomic mass is 16.5. The lowest BCUT2D eigenvalue weighted by Crippen LogP contribution is -2.46. The van der Waals surface area contributed by atoms with Crippen LogP contribution in [0.25, 0.3) is 0 Å². The first-order chi connectivity index (χ1) is 17.2. The number of carbonyl (C=O) groups excluding carboxylic acids is 2. The van der Waals surface area contributed by atoms with E-state index in [1.165, 1.54) is 0 Å². The standard InChI is InChI=1S/C27H38N4O5/c1-7-31-15-18(2)25(35-6)16-30(4)26(32)23-13-10-21(14-24(23)36-17-19(31)3)29-27(33)28-20-8-11-22(34-5)12-9-20/h8-14,18-19,25H,7,15-17H2,1-6H3,(H2,28,29,33)/t18-,19-,25-/m1/s1. The van der Waals surface area contributed by atoms with Gasteiger partial charge in [-0.25, -0.2) is 4.79 Å². The molecule has 196 valence electrons. The predicted molar refractivity (Wildman–Crippen MR) is 141 cm³/mol. The Morgan fingerprint density at radius 3 is 2.36 bits per heavy atom. The topological polar surface area (TPSA) is 92.4 Å². The number of anilines is 2. The molecule has 0 unspecified atom stereocenters. The quantitative estimate of drug-likeness (QED) is 0.643. The molecule has 36 heavy (non-hydrogen) atoms. The fraction of sp³-hybridized carbons (Fsp3) is 0.481. The molecule has 0 bridgehead atoms. The molecule has 3 atom stereocenters. The summed E-state index contributed by atoms with van der Waals surface area (Å²) in [7, 11) is 5.05. The number of amides is 3. The van der Waals surface area contributed by atoms with E-state index in [1.807, 2.05) is 0 Å². The predicted octanol–water partition coefficient (Wildman–Crippen LogP) is 4.17. The molecular weight excluding hydrogens is 460 g/mol. The molecule has 2 aromatic rings. The summed E-state index contributed by atoms with van der Waals surface area (Å²) in [4.78, 5) is 29.9. The zero-order valence-electron chi connectivity index (χ0n) is 22.0. The second kappa shape index (κ2) is 12.6. The van der Waals surface area contributed by atoms with Crippen molar-refractivity contribution in [1.29, 1.82) is 0 Å². The van der Waals surface area contributed by atoms with Crippen molar-refractivity contribution in [3.05, 3.63) is 48.0 Å². The fourth-order valence-corrected chi connectivity index (χ4v) is 4.33. The molecule has 1 aliphatic heterocycles. The number of likely N-dealkylation sites (N-methyl/N-ethyl adjacent to an activating group) is 2. The van der Waals surface area contributed by atoms with Gasteiger partial charge < -0.3 is 29.7 Å². The number of urea groups is 1. The number of nitrogens with zero attached hydrogens (tertiary/aromatic N) is 2. The Morgan fingerprint density at radius 2 is 1.72 bits per heavy atom. The van der Waals surface area contributed by atoms with Crippen LogP contribution in [0.2, 0.25) is 0 Å². The van der Waals surface area contributed by atoms with Crippen LogP contribution in [0.5, 0.6) is 11.5 Å². The largest absolute Gasteiger partial charge is 0.497 e. The number of hydrogen-bond donors (Lipinski definition) is 2. The Balaban J connectivity index is 1.82. The van der Waals surface area contributed by atoms with Crippen LogP contribution in [-0.2, 0) is 4.74 Å². The van der Waals surface area contributed by atoms with E-state index in [2.05, 4.69) is 36.3 Å². The van der Waals surface area contributed by atoms with Crippen LogP contribution in [0, 0.1) is 5.92 Å². The summed E-state index contributed by atoms with van der Waals surface area (Å²) in [5.41, 5.74) is 1.59. The number of methoxy groups -OCH3 is 2. The first kappa shape index (κ1) is 27.3. The maximum Gasteiger partial charge on any atom is 0.323 e. The molecule has 0 radical (unpaired) electrons. The van der Waals surface area contributed by atoms with Gasteiger partial charge >= 0.3 is 6.03 Å². The van der Waals surface area contributed by atoms with Gasteiger partial charge in [-0.1, -0.05) is 13.8 Å². The molecule has 0 spiro atoms. The zero-order valence-corrected chi connectivity index (χ0v) is 22.0. The lowest BCUT2D eigenvalue weighted by molar-refractivity contribution is 0.0116. The van der Waals surface area contributed by atoms with Gasteiger partial charge in [0.1, 0.15) is 18.1 Å². The van der Waals surface area contributed by atoms with Crippen LogP contribution in [0.3, 0.4) is 0 Å². The van der Waals surface area contributed by atoms with E-state index in [9.17, 15) is 9.59 Å². The number of benzene rings is 2. The fourth-order valence-electron chi connectivity index (χ4n) is 4.33. The SMILES string of the molecule is CCN1C[C@@H](C)[C@H](OC)CN(C)C(=O)c2ccc(NC(=O)Nc3ccc(OC)cc3)cc2OC[C@H]1C. The molecule has 0 saturated carbocycles. The zero-order chi connectivity index (χ0) is 26.2. The minimum absolute atomic E-state index is 0.0911. The molecule has 9 nitrogen and oxygen atoms in total. The molecule has 0 fully saturated rings. The number of rotatable bonds is 5. The number of ether oxygens (including phenoxy) is 3. The number of carbonyl (C=O) groups is 2. The van der Waals surface area contributed by atoms with Gasteiger partial charge in [-0.15, -0.1) is 0 Å². The van der Waals surface area contributed by atoms with Crippen molar-refractivity contribution in [2.24, 2.45) is 5.92 Å². The lowest BCUT2D eigenvalue weighted by Gasteiger charge is -2.35. The summed E-state index contributed by atoms with van der Waals surface area (Å²) in [5, 5.41) is 5.61. The maximum absolute atomic E-state index is 13.3. The van der Waals surface area contributed by atoms with E-state index in [0.29, 0.717) is 41.6 Å². The summed E-state index contributed by atoms with van der Waals surface area (Å²) >= 11 is 0. The summed E-state index contributed by atoms with van der Waals surface area (Å²) in [6.07, 6.45) is -0.0911. The molecule has 1 heterocycles. The van der Waals surface area contributed by atoms with Crippen LogP contribution >= 0.6 is 0 Å². The number of nitrogens with one attached hydrogen (secondary N) is 2. The Labute approximate surface area is 213 Å². The number of hydrogen-bond acceptors (Lipinski definition) is 6. The third-order valence-corrected chi connectivity index (χ3v) is 6.59. The van der Waals surface area contributed by atoms with Gasteiger partial charge in [-0.3, -0.25) is 9.69 Å².